The van der Waals surface area contributed by atoms with Crippen LogP contribution in [0.1, 0.15) is 12.0 Å². The molecule has 1 amide bonds. The van der Waals surface area contributed by atoms with E-state index >= 15 is 0 Å². The quantitative estimate of drug-likeness (QED) is 0.680. The molecule has 0 spiro atoms. The molecule has 0 atom stereocenters. The number of carbonyl (C=O) groups excluding carboxylic acids is 1. The van der Waals surface area contributed by atoms with E-state index in [-0.39, 0.29) is 5.91 Å². The van der Waals surface area contributed by atoms with E-state index in [0.29, 0.717) is 31.3 Å². The van der Waals surface area contributed by atoms with Gasteiger partial charge in [-0.1, -0.05) is 18.2 Å². The first-order valence-corrected chi connectivity index (χ1v) is 9.58. The van der Waals surface area contributed by atoms with Crippen LogP contribution in [-0.2, 0) is 18.3 Å². The number of hydrogen-bond donors (Lipinski definition) is 0. The Balaban J connectivity index is 1.34. The highest BCUT2D eigenvalue weighted by atomic mass is 16.5. The summed E-state index contributed by atoms with van der Waals surface area (Å²) >= 11 is 0. The van der Waals surface area contributed by atoms with E-state index in [0.717, 1.165) is 19.5 Å². The van der Waals surface area contributed by atoms with Crippen LogP contribution in [-0.4, -0.2) is 58.6 Å². The molecule has 7 heteroatoms. The largest absolute Gasteiger partial charge is 0.481 e. The second kappa shape index (κ2) is 7.88. The van der Waals surface area contributed by atoms with Gasteiger partial charge in [-0.25, -0.2) is 4.98 Å². The standard InChI is InChI=1S/C21H25N5O2/c1-24-15-16(17-5-3-4-6-18(17)24)7-8-20(27)25-11-13-26(14-12-25)21-22-10-9-19(23-21)28-2/h3-6,9-10,15H,7-8,11-14H2,1-2H3. The molecule has 1 aliphatic rings. The first kappa shape index (κ1) is 18.3. The predicted octanol–water partition coefficient (Wildman–Crippen LogP) is 2.26. The van der Waals surface area contributed by atoms with Gasteiger partial charge < -0.3 is 19.1 Å². The minimum absolute atomic E-state index is 0.208. The van der Waals surface area contributed by atoms with Crippen LogP contribution < -0.4 is 9.64 Å². The summed E-state index contributed by atoms with van der Waals surface area (Å²) in [6.07, 6.45) is 5.13. The van der Waals surface area contributed by atoms with Crippen LogP contribution in [0.3, 0.4) is 0 Å². The summed E-state index contributed by atoms with van der Waals surface area (Å²) in [6, 6.07) is 10.1. The highest BCUT2D eigenvalue weighted by Crippen LogP contribution is 2.22. The monoisotopic (exact) mass is 379 g/mol. The van der Waals surface area contributed by atoms with Crippen molar-refractivity contribution in [1.82, 2.24) is 19.4 Å². The Morgan fingerprint density at radius 3 is 2.71 bits per heavy atom. The van der Waals surface area contributed by atoms with Gasteiger partial charge in [-0.05, 0) is 18.1 Å². The highest BCUT2D eigenvalue weighted by molar-refractivity contribution is 5.85. The third-order valence-corrected chi connectivity index (χ3v) is 5.33. The third-order valence-electron chi connectivity index (χ3n) is 5.33. The van der Waals surface area contributed by atoms with Crippen LogP contribution in [0, 0.1) is 0 Å². The van der Waals surface area contributed by atoms with Gasteiger partial charge in [-0.2, -0.15) is 4.98 Å². The fourth-order valence-electron chi connectivity index (χ4n) is 3.78. The van der Waals surface area contributed by atoms with Crippen LogP contribution in [0.25, 0.3) is 10.9 Å². The van der Waals surface area contributed by atoms with Crippen molar-refractivity contribution in [1.29, 1.82) is 0 Å². The van der Waals surface area contributed by atoms with Gasteiger partial charge in [0, 0.05) is 69.0 Å². The highest BCUT2D eigenvalue weighted by Gasteiger charge is 2.23. The number of hydrogen-bond acceptors (Lipinski definition) is 5. The number of methoxy groups -OCH3 is 1. The molecule has 0 N–H and O–H groups in total. The molecule has 3 aromatic rings. The summed E-state index contributed by atoms with van der Waals surface area (Å²) in [5.74, 6) is 1.42. The number of anilines is 1. The zero-order chi connectivity index (χ0) is 19.5. The van der Waals surface area contributed by atoms with E-state index in [9.17, 15) is 4.79 Å². The number of aryl methyl sites for hydroxylation is 2. The van der Waals surface area contributed by atoms with Crippen molar-refractivity contribution < 1.29 is 9.53 Å². The fraction of sp³-hybridized carbons (Fsp3) is 0.381. The number of rotatable bonds is 5. The number of para-hydroxylation sites is 1. The molecule has 1 fully saturated rings. The molecular formula is C21H25N5O2. The lowest BCUT2D eigenvalue weighted by molar-refractivity contribution is -0.131. The predicted molar refractivity (Wildman–Crippen MR) is 109 cm³/mol. The number of benzene rings is 1. The number of piperazine rings is 1. The smallest absolute Gasteiger partial charge is 0.228 e. The second-order valence-electron chi connectivity index (χ2n) is 7.05. The molecule has 1 aliphatic heterocycles. The molecule has 0 aliphatic carbocycles. The topological polar surface area (TPSA) is 63.5 Å². The zero-order valence-electron chi connectivity index (χ0n) is 16.3. The summed E-state index contributed by atoms with van der Waals surface area (Å²) in [4.78, 5) is 25.4. The van der Waals surface area contributed by atoms with E-state index in [1.807, 2.05) is 24.1 Å². The summed E-state index contributed by atoms with van der Waals surface area (Å²) < 4.78 is 7.29. The summed E-state index contributed by atoms with van der Waals surface area (Å²) in [6.45, 7) is 2.84. The van der Waals surface area contributed by atoms with Gasteiger partial charge in [0.1, 0.15) is 0 Å². The van der Waals surface area contributed by atoms with E-state index in [4.69, 9.17) is 4.74 Å². The normalized spacial score (nSPS) is 14.5. The van der Waals surface area contributed by atoms with E-state index in [1.54, 1.807) is 19.4 Å². The second-order valence-corrected chi connectivity index (χ2v) is 7.05. The van der Waals surface area contributed by atoms with Crippen molar-refractivity contribution in [2.24, 2.45) is 7.05 Å². The molecule has 7 nitrogen and oxygen atoms in total. The minimum atomic E-state index is 0.208. The maximum Gasteiger partial charge on any atom is 0.228 e. The molecule has 0 bridgehead atoms. The van der Waals surface area contributed by atoms with Crippen LogP contribution in [0.2, 0.25) is 0 Å². The molecule has 4 rings (SSSR count). The van der Waals surface area contributed by atoms with Gasteiger partial charge in [0.15, 0.2) is 0 Å². The molecule has 0 radical (unpaired) electrons. The molecule has 28 heavy (non-hydrogen) atoms. The third kappa shape index (κ3) is 3.65. The number of amides is 1. The number of carbonyl (C=O) groups is 1. The lowest BCUT2D eigenvalue weighted by Gasteiger charge is -2.34. The molecule has 2 aromatic heterocycles. The lowest BCUT2D eigenvalue weighted by Crippen LogP contribution is -2.49. The average Bonchev–Trinajstić information content (AvgIpc) is 3.08. The van der Waals surface area contributed by atoms with Crippen molar-refractivity contribution in [3.8, 4) is 5.88 Å². The molecule has 0 unspecified atom stereocenters. The van der Waals surface area contributed by atoms with Gasteiger partial charge in [0.2, 0.25) is 17.7 Å². The Morgan fingerprint density at radius 1 is 1.14 bits per heavy atom. The molecule has 1 aromatic carbocycles. The van der Waals surface area contributed by atoms with E-state index in [1.165, 1.54) is 16.5 Å². The Morgan fingerprint density at radius 2 is 1.93 bits per heavy atom. The Hall–Kier alpha value is -3.09. The SMILES string of the molecule is COc1ccnc(N2CCN(C(=O)CCc3cn(C)c4ccccc34)CC2)n1. The zero-order valence-corrected chi connectivity index (χ0v) is 16.3. The number of fused-ring (bicyclic) bond motifs is 1. The maximum absolute atomic E-state index is 12.7. The van der Waals surface area contributed by atoms with Crippen LogP contribution >= 0.6 is 0 Å². The van der Waals surface area contributed by atoms with Gasteiger partial charge in [-0.3, -0.25) is 4.79 Å². The van der Waals surface area contributed by atoms with E-state index < -0.39 is 0 Å². The Labute approximate surface area is 164 Å². The van der Waals surface area contributed by atoms with Crippen molar-refractivity contribution >= 4 is 22.8 Å². The van der Waals surface area contributed by atoms with E-state index in [2.05, 4.69) is 37.8 Å². The molecular weight excluding hydrogens is 354 g/mol. The minimum Gasteiger partial charge on any atom is -0.481 e. The lowest BCUT2D eigenvalue weighted by atomic mass is 10.1. The van der Waals surface area contributed by atoms with Crippen molar-refractivity contribution in [3.05, 3.63) is 48.3 Å². The first-order valence-electron chi connectivity index (χ1n) is 9.58. The Kier molecular flexibility index (Phi) is 5.14. The summed E-state index contributed by atoms with van der Waals surface area (Å²) in [7, 11) is 3.65. The number of aromatic nitrogens is 3. The number of nitrogens with zero attached hydrogens (tertiary/aromatic N) is 5. The van der Waals surface area contributed by atoms with Gasteiger partial charge in [0.05, 0.1) is 7.11 Å². The van der Waals surface area contributed by atoms with Crippen molar-refractivity contribution in [3.63, 3.8) is 0 Å². The average molecular weight is 379 g/mol. The molecule has 0 saturated carbocycles. The molecule has 1 saturated heterocycles. The summed E-state index contributed by atoms with van der Waals surface area (Å²) in [5.41, 5.74) is 2.44. The van der Waals surface area contributed by atoms with Gasteiger partial charge in [-0.15, -0.1) is 0 Å². The Bertz CT molecular complexity index is 976. The maximum atomic E-state index is 12.7. The molecule has 146 valence electrons. The van der Waals surface area contributed by atoms with Crippen molar-refractivity contribution in [2.75, 3.05) is 38.2 Å². The number of ether oxygens (including phenoxy) is 1. The van der Waals surface area contributed by atoms with Gasteiger partial charge >= 0.3 is 0 Å². The van der Waals surface area contributed by atoms with Crippen molar-refractivity contribution in [2.45, 2.75) is 12.8 Å². The van der Waals surface area contributed by atoms with Crippen LogP contribution in [0.4, 0.5) is 5.95 Å². The van der Waals surface area contributed by atoms with Crippen LogP contribution in [0.15, 0.2) is 42.7 Å². The molecule has 3 heterocycles. The first-order chi connectivity index (χ1) is 13.7. The fourth-order valence-corrected chi connectivity index (χ4v) is 3.78. The summed E-state index contributed by atoms with van der Waals surface area (Å²) in [5, 5.41) is 1.23. The van der Waals surface area contributed by atoms with Crippen LogP contribution in [0.5, 0.6) is 5.88 Å². The van der Waals surface area contributed by atoms with Gasteiger partial charge in [0.25, 0.3) is 0 Å².